The van der Waals surface area contributed by atoms with Gasteiger partial charge in [0.05, 0.1) is 31.0 Å². The fraction of sp³-hybridized carbons (Fsp3) is 0.250. The number of nitrogens with zero attached hydrogens (tertiary/aromatic N) is 1. The second-order valence-electron chi connectivity index (χ2n) is 3.39. The van der Waals surface area contributed by atoms with Crippen molar-refractivity contribution in [2.75, 3.05) is 14.2 Å². The van der Waals surface area contributed by atoms with Gasteiger partial charge < -0.3 is 14.6 Å². The lowest BCUT2D eigenvalue weighted by atomic mass is 10.0. The van der Waals surface area contributed by atoms with Crippen molar-refractivity contribution >= 4 is 11.3 Å². The van der Waals surface area contributed by atoms with Gasteiger partial charge in [0.15, 0.2) is 0 Å². The summed E-state index contributed by atoms with van der Waals surface area (Å²) in [4.78, 5) is 4.10. The maximum Gasteiger partial charge on any atom is 0.129 e. The number of thiazole rings is 1. The molecule has 0 aliphatic rings. The molecule has 17 heavy (non-hydrogen) atoms. The van der Waals surface area contributed by atoms with Gasteiger partial charge in [-0.3, -0.25) is 0 Å². The number of hydrogen-bond donors (Lipinski definition) is 1. The second kappa shape index (κ2) is 5.16. The van der Waals surface area contributed by atoms with E-state index < -0.39 is 6.10 Å². The summed E-state index contributed by atoms with van der Waals surface area (Å²) >= 11 is 1.44. The van der Waals surface area contributed by atoms with E-state index >= 15 is 0 Å². The van der Waals surface area contributed by atoms with E-state index in [9.17, 15) is 5.11 Å². The first-order valence-corrected chi connectivity index (χ1v) is 5.99. The van der Waals surface area contributed by atoms with Crippen molar-refractivity contribution in [1.29, 1.82) is 0 Å². The minimum Gasteiger partial charge on any atom is -0.496 e. The van der Waals surface area contributed by atoms with E-state index in [1.807, 2.05) is 6.07 Å². The Hall–Kier alpha value is -1.59. The molecule has 1 heterocycles. The van der Waals surface area contributed by atoms with Crippen LogP contribution in [0.1, 0.15) is 17.4 Å². The summed E-state index contributed by atoms with van der Waals surface area (Å²) in [6.45, 7) is 0. The number of benzene rings is 1. The maximum atomic E-state index is 10.3. The Morgan fingerprint density at radius 2 is 1.88 bits per heavy atom. The molecule has 0 aliphatic carbocycles. The van der Waals surface area contributed by atoms with Gasteiger partial charge in [0, 0.05) is 5.38 Å². The SMILES string of the molecule is COc1cccc(OC)c1C(O)c1cscn1. The number of aliphatic hydroxyl groups excluding tert-OH is 1. The lowest BCUT2D eigenvalue weighted by Crippen LogP contribution is -2.05. The van der Waals surface area contributed by atoms with Gasteiger partial charge in [-0.05, 0) is 12.1 Å². The van der Waals surface area contributed by atoms with Crippen molar-refractivity contribution in [2.45, 2.75) is 6.10 Å². The van der Waals surface area contributed by atoms with Crippen LogP contribution in [0.3, 0.4) is 0 Å². The topological polar surface area (TPSA) is 51.6 Å². The van der Waals surface area contributed by atoms with E-state index in [0.717, 1.165) is 0 Å². The third-order valence-corrected chi connectivity index (χ3v) is 3.08. The van der Waals surface area contributed by atoms with Gasteiger partial charge in [-0.2, -0.15) is 0 Å². The number of aromatic nitrogens is 1. The van der Waals surface area contributed by atoms with Gasteiger partial charge in [0.1, 0.15) is 17.6 Å². The van der Waals surface area contributed by atoms with Gasteiger partial charge in [0.2, 0.25) is 0 Å². The molecule has 0 spiro atoms. The minimum atomic E-state index is -0.840. The van der Waals surface area contributed by atoms with E-state index in [1.54, 1.807) is 37.2 Å². The van der Waals surface area contributed by atoms with E-state index in [1.165, 1.54) is 11.3 Å². The van der Waals surface area contributed by atoms with Crippen molar-refractivity contribution in [3.8, 4) is 11.5 Å². The molecule has 0 fully saturated rings. The summed E-state index contributed by atoms with van der Waals surface area (Å²) in [6, 6.07) is 5.38. The highest BCUT2D eigenvalue weighted by Crippen LogP contribution is 2.36. The fourth-order valence-electron chi connectivity index (χ4n) is 1.65. The van der Waals surface area contributed by atoms with E-state index in [-0.39, 0.29) is 0 Å². The predicted octanol–water partition coefficient (Wildman–Crippen LogP) is 2.24. The Balaban J connectivity index is 2.49. The van der Waals surface area contributed by atoms with Crippen LogP contribution in [0.15, 0.2) is 29.1 Å². The van der Waals surface area contributed by atoms with Crippen molar-refractivity contribution in [3.05, 3.63) is 40.3 Å². The molecular weight excluding hydrogens is 238 g/mol. The van der Waals surface area contributed by atoms with Gasteiger partial charge in [0.25, 0.3) is 0 Å². The number of aliphatic hydroxyl groups is 1. The molecule has 1 N–H and O–H groups in total. The van der Waals surface area contributed by atoms with E-state index in [0.29, 0.717) is 22.8 Å². The first-order chi connectivity index (χ1) is 8.27. The molecule has 5 heteroatoms. The van der Waals surface area contributed by atoms with E-state index in [2.05, 4.69) is 4.98 Å². The first kappa shape index (κ1) is 11.9. The number of hydrogen-bond acceptors (Lipinski definition) is 5. The Morgan fingerprint density at radius 1 is 1.24 bits per heavy atom. The Labute approximate surface area is 103 Å². The zero-order chi connectivity index (χ0) is 12.3. The van der Waals surface area contributed by atoms with Gasteiger partial charge in [-0.25, -0.2) is 4.98 Å². The molecule has 1 atom stereocenters. The highest BCUT2D eigenvalue weighted by atomic mass is 32.1. The lowest BCUT2D eigenvalue weighted by Gasteiger charge is -2.16. The largest absolute Gasteiger partial charge is 0.496 e. The third-order valence-electron chi connectivity index (χ3n) is 2.47. The Morgan fingerprint density at radius 3 is 2.35 bits per heavy atom. The number of methoxy groups -OCH3 is 2. The van der Waals surface area contributed by atoms with Crippen LogP contribution in [0.2, 0.25) is 0 Å². The summed E-state index contributed by atoms with van der Waals surface area (Å²) in [5.41, 5.74) is 2.88. The second-order valence-corrected chi connectivity index (χ2v) is 4.11. The van der Waals surface area contributed by atoms with Crippen LogP contribution in [-0.2, 0) is 0 Å². The first-order valence-electron chi connectivity index (χ1n) is 5.05. The average molecular weight is 251 g/mol. The zero-order valence-electron chi connectivity index (χ0n) is 9.58. The lowest BCUT2D eigenvalue weighted by molar-refractivity contribution is 0.205. The molecule has 0 bridgehead atoms. The van der Waals surface area contributed by atoms with Crippen LogP contribution >= 0.6 is 11.3 Å². The zero-order valence-corrected chi connectivity index (χ0v) is 10.4. The monoisotopic (exact) mass is 251 g/mol. The quantitative estimate of drug-likeness (QED) is 0.905. The van der Waals surface area contributed by atoms with Crippen molar-refractivity contribution in [1.82, 2.24) is 4.98 Å². The van der Waals surface area contributed by atoms with Crippen LogP contribution in [0.25, 0.3) is 0 Å². The molecule has 1 aromatic carbocycles. The summed E-state index contributed by atoms with van der Waals surface area (Å²) < 4.78 is 10.5. The Kier molecular flexibility index (Phi) is 3.61. The summed E-state index contributed by atoms with van der Waals surface area (Å²) in [6.07, 6.45) is -0.840. The molecule has 1 unspecified atom stereocenters. The summed E-state index contributed by atoms with van der Waals surface area (Å²) in [5, 5.41) is 12.1. The third kappa shape index (κ3) is 2.25. The standard InChI is InChI=1S/C12H13NO3S/c1-15-9-4-3-5-10(16-2)11(9)12(14)8-6-17-7-13-8/h3-7,12,14H,1-2H3. The molecule has 0 aliphatic heterocycles. The molecule has 2 aromatic rings. The molecule has 4 nitrogen and oxygen atoms in total. The van der Waals surface area contributed by atoms with Crippen molar-refractivity contribution in [3.63, 3.8) is 0 Å². The predicted molar refractivity (Wildman–Crippen MR) is 65.7 cm³/mol. The van der Waals surface area contributed by atoms with Crippen LogP contribution in [0.4, 0.5) is 0 Å². The van der Waals surface area contributed by atoms with Gasteiger partial charge >= 0.3 is 0 Å². The smallest absolute Gasteiger partial charge is 0.129 e. The fourth-order valence-corrected chi connectivity index (χ4v) is 2.23. The van der Waals surface area contributed by atoms with Crippen LogP contribution in [0, 0.1) is 0 Å². The van der Waals surface area contributed by atoms with Crippen LogP contribution < -0.4 is 9.47 Å². The summed E-state index contributed by atoms with van der Waals surface area (Å²) in [5.74, 6) is 1.18. The minimum absolute atomic E-state index is 0.588. The normalized spacial score (nSPS) is 12.2. The molecule has 0 radical (unpaired) electrons. The highest BCUT2D eigenvalue weighted by Gasteiger charge is 2.21. The molecule has 0 saturated heterocycles. The van der Waals surface area contributed by atoms with Crippen molar-refractivity contribution < 1.29 is 14.6 Å². The number of ether oxygens (including phenoxy) is 2. The Bertz CT molecular complexity index is 462. The number of rotatable bonds is 4. The van der Waals surface area contributed by atoms with Crippen LogP contribution in [0.5, 0.6) is 11.5 Å². The van der Waals surface area contributed by atoms with Gasteiger partial charge in [-0.15, -0.1) is 11.3 Å². The molecule has 90 valence electrons. The highest BCUT2D eigenvalue weighted by molar-refractivity contribution is 7.07. The molecule has 0 amide bonds. The van der Waals surface area contributed by atoms with Crippen molar-refractivity contribution in [2.24, 2.45) is 0 Å². The van der Waals surface area contributed by atoms with E-state index in [4.69, 9.17) is 9.47 Å². The maximum absolute atomic E-state index is 10.3. The average Bonchev–Trinajstić information content (AvgIpc) is 2.90. The van der Waals surface area contributed by atoms with Gasteiger partial charge in [-0.1, -0.05) is 6.07 Å². The molecule has 2 rings (SSSR count). The summed E-state index contributed by atoms with van der Waals surface area (Å²) in [7, 11) is 3.12. The molecule has 0 saturated carbocycles. The molecule has 1 aromatic heterocycles. The van der Waals surface area contributed by atoms with Crippen LogP contribution in [-0.4, -0.2) is 24.3 Å². The molecular formula is C12H13NO3S.